The van der Waals surface area contributed by atoms with Crippen molar-refractivity contribution in [3.05, 3.63) is 11.1 Å². The van der Waals surface area contributed by atoms with Gasteiger partial charge in [0.1, 0.15) is 0 Å². The van der Waals surface area contributed by atoms with Gasteiger partial charge < -0.3 is 0 Å². The van der Waals surface area contributed by atoms with Crippen LogP contribution in [0.3, 0.4) is 0 Å². The summed E-state index contributed by atoms with van der Waals surface area (Å²) in [6, 6.07) is 0. The highest BCUT2D eigenvalue weighted by atomic mass is 14.1. The number of hydrogen-bond acceptors (Lipinski definition) is 0. The third kappa shape index (κ3) is 5.40. The molecule has 0 bridgehead atoms. The lowest BCUT2D eigenvalue weighted by Gasteiger charge is -2.13. The number of hydrogen-bond donors (Lipinski definition) is 0. The molecule has 0 unspecified atom stereocenters. The van der Waals surface area contributed by atoms with Gasteiger partial charge in [0.2, 0.25) is 0 Å². The van der Waals surface area contributed by atoms with Gasteiger partial charge in [0, 0.05) is 0 Å². The van der Waals surface area contributed by atoms with Gasteiger partial charge in [-0.15, -0.1) is 0 Å². The van der Waals surface area contributed by atoms with Gasteiger partial charge in [-0.3, -0.25) is 0 Å². The molecule has 0 aromatic heterocycles. The highest BCUT2D eigenvalue weighted by molar-refractivity contribution is 5.13. The van der Waals surface area contributed by atoms with E-state index in [2.05, 4.69) is 41.5 Å². The Morgan fingerprint density at radius 1 is 0.667 bits per heavy atom. The molecule has 0 heterocycles. The van der Waals surface area contributed by atoms with Gasteiger partial charge in [0.15, 0.2) is 0 Å². The Morgan fingerprint density at radius 2 is 0.833 bits per heavy atom. The van der Waals surface area contributed by atoms with Gasteiger partial charge in [-0.1, -0.05) is 52.7 Å². The predicted octanol–water partition coefficient (Wildman–Crippen LogP) is 4.66. The first-order valence-electron chi connectivity index (χ1n) is 5.14. The van der Waals surface area contributed by atoms with E-state index in [-0.39, 0.29) is 0 Å². The van der Waals surface area contributed by atoms with Gasteiger partial charge in [0.25, 0.3) is 0 Å². The van der Waals surface area contributed by atoms with Crippen LogP contribution in [-0.2, 0) is 0 Å². The summed E-state index contributed by atoms with van der Waals surface area (Å²) in [6.45, 7) is 17.5. The highest BCUT2D eigenvalue weighted by Gasteiger charge is 2.03. The molecule has 0 aromatic rings. The summed E-state index contributed by atoms with van der Waals surface area (Å²) >= 11 is 0. The normalized spacial score (nSPS) is 12.5. The van der Waals surface area contributed by atoms with Crippen LogP contribution in [0.1, 0.15) is 55.4 Å². The van der Waals surface area contributed by atoms with Crippen molar-refractivity contribution >= 4 is 0 Å². The van der Waals surface area contributed by atoms with Crippen LogP contribution in [-0.4, -0.2) is 0 Å². The molecule has 12 heavy (non-hydrogen) atoms. The topological polar surface area (TPSA) is 0 Å². The predicted molar refractivity (Wildman–Crippen MR) is 59.4 cm³/mol. The van der Waals surface area contributed by atoms with E-state index in [1.807, 2.05) is 13.8 Å². The van der Waals surface area contributed by atoms with Crippen LogP contribution in [0.2, 0.25) is 0 Å². The van der Waals surface area contributed by atoms with Crippen molar-refractivity contribution in [1.82, 2.24) is 0 Å². The standard InChI is InChI=1S/C10H20.C2H6/c1-7(2)9(5)10(6)8(3)4;1-2/h7-8H,1-6H3;1-2H3/b10-9-;. The molecular weight excluding hydrogens is 144 g/mol. The third-order valence-corrected chi connectivity index (χ3v) is 2.35. The van der Waals surface area contributed by atoms with E-state index in [1.165, 1.54) is 0 Å². The van der Waals surface area contributed by atoms with Crippen molar-refractivity contribution in [2.75, 3.05) is 0 Å². The van der Waals surface area contributed by atoms with Crippen LogP contribution in [0.15, 0.2) is 11.1 Å². The minimum absolute atomic E-state index is 0.711. The Hall–Kier alpha value is -0.260. The van der Waals surface area contributed by atoms with Crippen molar-refractivity contribution in [3.8, 4) is 0 Å². The lowest BCUT2D eigenvalue weighted by Crippen LogP contribution is -1.98. The molecule has 0 heteroatoms. The average molecular weight is 170 g/mol. The lowest BCUT2D eigenvalue weighted by molar-refractivity contribution is 0.691. The maximum atomic E-state index is 2.25. The second-order valence-corrected chi connectivity index (χ2v) is 3.68. The Kier molecular flexibility index (Phi) is 8.79. The molecule has 74 valence electrons. The first-order chi connectivity index (χ1) is 5.46. The summed E-state index contributed by atoms with van der Waals surface area (Å²) in [5.74, 6) is 1.42. The molecule has 0 radical (unpaired) electrons. The zero-order valence-electron chi connectivity index (χ0n) is 10.2. The van der Waals surface area contributed by atoms with E-state index in [1.54, 1.807) is 11.1 Å². The molecule has 0 amide bonds. The molecule has 0 spiro atoms. The van der Waals surface area contributed by atoms with E-state index < -0.39 is 0 Å². The minimum atomic E-state index is 0.711. The quantitative estimate of drug-likeness (QED) is 0.529. The summed E-state index contributed by atoms with van der Waals surface area (Å²) in [6.07, 6.45) is 0. The Balaban J connectivity index is 0. The van der Waals surface area contributed by atoms with E-state index >= 15 is 0 Å². The summed E-state index contributed by atoms with van der Waals surface area (Å²) in [4.78, 5) is 0. The molecule has 0 saturated carbocycles. The van der Waals surface area contributed by atoms with Crippen molar-refractivity contribution in [2.24, 2.45) is 11.8 Å². The van der Waals surface area contributed by atoms with Crippen molar-refractivity contribution in [3.63, 3.8) is 0 Å². The second-order valence-electron chi connectivity index (χ2n) is 3.68. The summed E-state index contributed by atoms with van der Waals surface area (Å²) in [5.41, 5.74) is 3.10. The monoisotopic (exact) mass is 170 g/mol. The van der Waals surface area contributed by atoms with Gasteiger partial charge in [-0.05, 0) is 25.7 Å². The highest BCUT2D eigenvalue weighted by Crippen LogP contribution is 2.19. The molecule has 0 N–H and O–H groups in total. The van der Waals surface area contributed by atoms with Gasteiger partial charge >= 0.3 is 0 Å². The molecule has 0 aliphatic heterocycles. The maximum absolute atomic E-state index is 2.25. The fourth-order valence-corrected chi connectivity index (χ4v) is 0.911. The average Bonchev–Trinajstić information content (AvgIpc) is 2.05. The van der Waals surface area contributed by atoms with Crippen molar-refractivity contribution in [1.29, 1.82) is 0 Å². The molecule has 0 aliphatic rings. The number of rotatable bonds is 2. The Bertz CT molecular complexity index is 111. The zero-order valence-corrected chi connectivity index (χ0v) is 10.2. The largest absolute Gasteiger partial charge is 0.0716 e. The van der Waals surface area contributed by atoms with Crippen LogP contribution in [0.4, 0.5) is 0 Å². The fourth-order valence-electron chi connectivity index (χ4n) is 0.911. The van der Waals surface area contributed by atoms with Crippen LogP contribution in [0.25, 0.3) is 0 Å². The van der Waals surface area contributed by atoms with Gasteiger partial charge in [0.05, 0.1) is 0 Å². The van der Waals surface area contributed by atoms with Gasteiger partial charge in [-0.25, -0.2) is 0 Å². The lowest BCUT2D eigenvalue weighted by atomic mass is 9.93. The third-order valence-electron chi connectivity index (χ3n) is 2.35. The molecule has 0 aromatic carbocycles. The molecule has 0 aliphatic carbocycles. The first kappa shape index (κ1) is 14.3. The van der Waals surface area contributed by atoms with Gasteiger partial charge in [-0.2, -0.15) is 0 Å². The molecule has 0 nitrogen and oxygen atoms in total. The van der Waals surface area contributed by atoms with E-state index in [0.29, 0.717) is 11.8 Å². The first-order valence-corrected chi connectivity index (χ1v) is 5.14. The van der Waals surface area contributed by atoms with Crippen LogP contribution in [0, 0.1) is 11.8 Å². The van der Waals surface area contributed by atoms with Crippen LogP contribution in [0.5, 0.6) is 0 Å². The SMILES string of the molecule is C/C(=C(\C)C(C)C)C(C)C.CC. The van der Waals surface area contributed by atoms with Crippen molar-refractivity contribution < 1.29 is 0 Å². The molecule has 0 atom stereocenters. The minimum Gasteiger partial charge on any atom is -0.0716 e. The summed E-state index contributed by atoms with van der Waals surface area (Å²) in [7, 11) is 0. The van der Waals surface area contributed by atoms with E-state index in [0.717, 1.165) is 0 Å². The Morgan fingerprint density at radius 3 is 0.917 bits per heavy atom. The molecular formula is C12H26. The maximum Gasteiger partial charge on any atom is -0.0260 e. The van der Waals surface area contributed by atoms with E-state index in [9.17, 15) is 0 Å². The Labute approximate surface area is 79.1 Å². The van der Waals surface area contributed by atoms with Crippen molar-refractivity contribution in [2.45, 2.75) is 55.4 Å². The molecule has 0 fully saturated rings. The van der Waals surface area contributed by atoms with E-state index in [4.69, 9.17) is 0 Å². The van der Waals surface area contributed by atoms with Crippen LogP contribution < -0.4 is 0 Å². The molecule has 0 saturated heterocycles. The summed E-state index contributed by atoms with van der Waals surface area (Å²) < 4.78 is 0. The summed E-state index contributed by atoms with van der Waals surface area (Å²) in [5, 5.41) is 0. The number of allylic oxidation sites excluding steroid dienone is 2. The zero-order chi connectivity index (χ0) is 10.3. The van der Waals surface area contributed by atoms with Crippen LogP contribution >= 0.6 is 0 Å². The second kappa shape index (κ2) is 7.39. The molecule has 0 rings (SSSR count). The fraction of sp³-hybridized carbons (Fsp3) is 0.833. The smallest absolute Gasteiger partial charge is 0.0260 e.